The molecule has 1 aromatic heterocycles. The molecule has 0 aliphatic carbocycles. The zero-order valence-corrected chi connectivity index (χ0v) is 18.0. The highest BCUT2D eigenvalue weighted by Gasteiger charge is 2.08. The summed E-state index contributed by atoms with van der Waals surface area (Å²) in [6.45, 7) is 9.50. The molecular weight excluding hydrogens is 427 g/mol. The van der Waals surface area contributed by atoms with E-state index in [9.17, 15) is 0 Å². The predicted molar refractivity (Wildman–Crippen MR) is 116 cm³/mol. The van der Waals surface area contributed by atoms with E-state index in [2.05, 4.69) is 32.5 Å². The molecule has 0 unspecified atom stereocenters. The van der Waals surface area contributed by atoms with Gasteiger partial charge in [-0.15, -0.1) is 24.0 Å². The second kappa shape index (κ2) is 14.4. The fourth-order valence-electron chi connectivity index (χ4n) is 3.07. The van der Waals surface area contributed by atoms with Gasteiger partial charge in [-0.1, -0.05) is 12.8 Å². The average Bonchev–Trinajstić information content (AvgIpc) is 2.97. The number of aryl methyl sites for hydroxylation is 1. The van der Waals surface area contributed by atoms with Gasteiger partial charge in [-0.05, 0) is 58.3 Å². The number of likely N-dealkylation sites (tertiary alicyclic amines) is 1. The number of aliphatic imine (C=N–C) groups is 1. The highest BCUT2D eigenvalue weighted by Crippen LogP contribution is 2.09. The molecule has 2 rings (SSSR count). The van der Waals surface area contributed by atoms with Crippen LogP contribution in [0.4, 0.5) is 0 Å². The molecule has 0 radical (unpaired) electrons. The first-order chi connectivity index (χ1) is 11.9. The fraction of sp³-hybridized carbons (Fsp3) is 0.778. The Bertz CT molecular complexity index is 440. The van der Waals surface area contributed by atoms with E-state index in [1.54, 1.807) is 0 Å². The predicted octanol–water partition coefficient (Wildman–Crippen LogP) is 2.71. The quantitative estimate of drug-likeness (QED) is 0.257. The molecule has 1 aliphatic heterocycles. The molecule has 1 saturated heterocycles. The molecule has 2 heterocycles. The fourth-order valence-corrected chi connectivity index (χ4v) is 3.07. The summed E-state index contributed by atoms with van der Waals surface area (Å²) >= 11 is 0. The van der Waals surface area contributed by atoms with Crippen LogP contribution in [0.1, 0.15) is 45.4 Å². The standard InChI is InChI=1S/C18H34N6.HI/c1-2-19-18(21-11-8-16-24-17-9-12-22-24)20-10-7-15-23-13-5-3-4-6-14-23;/h9,12,17H,2-8,10-11,13-16H2,1H3,(H2,19,20,21);1H. The van der Waals surface area contributed by atoms with Crippen LogP contribution in [0.3, 0.4) is 0 Å². The lowest BCUT2D eigenvalue weighted by Crippen LogP contribution is -2.39. The third kappa shape index (κ3) is 10.0. The van der Waals surface area contributed by atoms with Crippen molar-refractivity contribution in [2.75, 3.05) is 39.3 Å². The van der Waals surface area contributed by atoms with Crippen LogP contribution >= 0.6 is 24.0 Å². The van der Waals surface area contributed by atoms with Crippen LogP contribution in [-0.4, -0.2) is 59.9 Å². The van der Waals surface area contributed by atoms with Crippen molar-refractivity contribution in [3.63, 3.8) is 0 Å². The molecule has 0 spiro atoms. The number of aromatic nitrogens is 2. The summed E-state index contributed by atoms with van der Waals surface area (Å²) in [7, 11) is 0. The molecule has 0 bridgehead atoms. The van der Waals surface area contributed by atoms with Crippen molar-refractivity contribution in [1.29, 1.82) is 0 Å². The van der Waals surface area contributed by atoms with Crippen molar-refractivity contribution < 1.29 is 0 Å². The molecular formula is C18H35IN6. The second-order valence-corrected chi connectivity index (χ2v) is 6.42. The van der Waals surface area contributed by atoms with Crippen LogP contribution in [-0.2, 0) is 6.54 Å². The highest BCUT2D eigenvalue weighted by atomic mass is 127. The van der Waals surface area contributed by atoms with E-state index in [0.717, 1.165) is 38.6 Å². The Labute approximate surface area is 169 Å². The summed E-state index contributed by atoms with van der Waals surface area (Å²) < 4.78 is 1.96. The van der Waals surface area contributed by atoms with Gasteiger partial charge in [0.25, 0.3) is 0 Å². The molecule has 0 saturated carbocycles. The van der Waals surface area contributed by atoms with Gasteiger partial charge in [0.05, 0.1) is 0 Å². The van der Waals surface area contributed by atoms with Crippen molar-refractivity contribution in [3.8, 4) is 0 Å². The number of guanidine groups is 1. The molecule has 0 amide bonds. The SMILES string of the molecule is CCNC(=NCCCn1cccn1)NCCCN1CCCCCC1.I. The van der Waals surface area contributed by atoms with Crippen molar-refractivity contribution >= 4 is 29.9 Å². The van der Waals surface area contributed by atoms with Crippen LogP contribution in [0, 0.1) is 0 Å². The number of halogens is 1. The monoisotopic (exact) mass is 462 g/mol. The van der Waals surface area contributed by atoms with Crippen LogP contribution in [0.2, 0.25) is 0 Å². The van der Waals surface area contributed by atoms with Gasteiger partial charge in [-0.2, -0.15) is 5.10 Å². The molecule has 1 aromatic rings. The lowest BCUT2D eigenvalue weighted by atomic mass is 10.2. The van der Waals surface area contributed by atoms with Gasteiger partial charge in [0.2, 0.25) is 0 Å². The van der Waals surface area contributed by atoms with Gasteiger partial charge < -0.3 is 15.5 Å². The summed E-state index contributed by atoms with van der Waals surface area (Å²) in [5.41, 5.74) is 0. The Morgan fingerprint density at radius 2 is 1.88 bits per heavy atom. The largest absolute Gasteiger partial charge is 0.357 e. The van der Waals surface area contributed by atoms with Gasteiger partial charge in [0, 0.05) is 38.6 Å². The molecule has 2 N–H and O–H groups in total. The average molecular weight is 462 g/mol. The minimum atomic E-state index is 0. The number of nitrogens with zero attached hydrogens (tertiary/aromatic N) is 4. The maximum Gasteiger partial charge on any atom is 0.191 e. The van der Waals surface area contributed by atoms with E-state index in [1.165, 1.54) is 51.7 Å². The molecule has 0 atom stereocenters. The lowest BCUT2D eigenvalue weighted by Gasteiger charge is -2.20. The van der Waals surface area contributed by atoms with Crippen molar-refractivity contribution in [3.05, 3.63) is 18.5 Å². The van der Waals surface area contributed by atoms with Crippen LogP contribution in [0.25, 0.3) is 0 Å². The molecule has 1 fully saturated rings. The van der Waals surface area contributed by atoms with Gasteiger partial charge in [0.1, 0.15) is 0 Å². The van der Waals surface area contributed by atoms with E-state index in [4.69, 9.17) is 0 Å². The molecule has 6 nitrogen and oxygen atoms in total. The van der Waals surface area contributed by atoms with Gasteiger partial charge in [-0.25, -0.2) is 0 Å². The first-order valence-electron chi connectivity index (χ1n) is 9.60. The Morgan fingerprint density at radius 1 is 1.08 bits per heavy atom. The number of hydrogen-bond donors (Lipinski definition) is 2. The molecule has 25 heavy (non-hydrogen) atoms. The van der Waals surface area contributed by atoms with Gasteiger partial charge in [0.15, 0.2) is 5.96 Å². The van der Waals surface area contributed by atoms with E-state index in [1.807, 2.05) is 23.1 Å². The Balaban J connectivity index is 0.00000312. The Hall–Kier alpha value is -0.830. The third-order valence-electron chi connectivity index (χ3n) is 4.36. The van der Waals surface area contributed by atoms with Crippen LogP contribution in [0.15, 0.2) is 23.5 Å². The lowest BCUT2D eigenvalue weighted by molar-refractivity contribution is 0.282. The summed E-state index contributed by atoms with van der Waals surface area (Å²) in [5.74, 6) is 0.939. The molecule has 7 heteroatoms. The van der Waals surface area contributed by atoms with E-state index < -0.39 is 0 Å². The molecule has 0 aromatic carbocycles. The van der Waals surface area contributed by atoms with Crippen molar-refractivity contribution in [2.24, 2.45) is 4.99 Å². The highest BCUT2D eigenvalue weighted by molar-refractivity contribution is 14.0. The summed E-state index contributed by atoms with van der Waals surface area (Å²) in [6, 6.07) is 1.96. The summed E-state index contributed by atoms with van der Waals surface area (Å²) in [5, 5.41) is 11.0. The minimum absolute atomic E-state index is 0. The zero-order valence-electron chi connectivity index (χ0n) is 15.6. The first-order valence-corrected chi connectivity index (χ1v) is 9.60. The maximum absolute atomic E-state index is 4.65. The third-order valence-corrected chi connectivity index (χ3v) is 4.36. The van der Waals surface area contributed by atoms with E-state index in [-0.39, 0.29) is 24.0 Å². The molecule has 144 valence electrons. The van der Waals surface area contributed by atoms with Crippen molar-refractivity contribution in [1.82, 2.24) is 25.3 Å². The van der Waals surface area contributed by atoms with E-state index in [0.29, 0.717) is 0 Å². The number of nitrogens with one attached hydrogen (secondary N) is 2. The van der Waals surface area contributed by atoms with Gasteiger partial charge in [-0.3, -0.25) is 9.67 Å². The summed E-state index contributed by atoms with van der Waals surface area (Å²) in [6.07, 6.45) is 11.6. The second-order valence-electron chi connectivity index (χ2n) is 6.42. The first kappa shape index (κ1) is 22.2. The summed E-state index contributed by atoms with van der Waals surface area (Å²) in [4.78, 5) is 7.27. The zero-order chi connectivity index (χ0) is 16.9. The van der Waals surface area contributed by atoms with Crippen LogP contribution in [0.5, 0.6) is 0 Å². The number of rotatable bonds is 9. The minimum Gasteiger partial charge on any atom is -0.357 e. The number of hydrogen-bond acceptors (Lipinski definition) is 3. The van der Waals surface area contributed by atoms with Crippen LogP contribution < -0.4 is 10.6 Å². The van der Waals surface area contributed by atoms with Crippen molar-refractivity contribution in [2.45, 2.75) is 52.0 Å². The normalized spacial score (nSPS) is 16.1. The van der Waals surface area contributed by atoms with Gasteiger partial charge >= 0.3 is 0 Å². The Kier molecular flexibility index (Phi) is 12.8. The van der Waals surface area contributed by atoms with E-state index >= 15 is 0 Å². The smallest absolute Gasteiger partial charge is 0.191 e. The maximum atomic E-state index is 4.65. The topological polar surface area (TPSA) is 57.5 Å². The molecule has 1 aliphatic rings. The Morgan fingerprint density at radius 3 is 2.56 bits per heavy atom.